The summed E-state index contributed by atoms with van der Waals surface area (Å²) in [5, 5.41) is 12.6. The molecule has 7 heteroatoms. The fourth-order valence-corrected chi connectivity index (χ4v) is 3.39. The molecular weight excluding hydrogens is 443 g/mol. The lowest BCUT2D eigenvalue weighted by Crippen LogP contribution is -2.27. The lowest BCUT2D eigenvalue weighted by molar-refractivity contribution is -0.117. The molecule has 1 atom stereocenters. The molecule has 0 aliphatic heterocycles. The Kier molecular flexibility index (Phi) is 8.06. The van der Waals surface area contributed by atoms with Crippen LogP contribution in [0.2, 0.25) is 5.02 Å². The summed E-state index contributed by atoms with van der Waals surface area (Å²) >= 11 is 6.40. The van der Waals surface area contributed by atoms with Crippen molar-refractivity contribution in [2.75, 3.05) is 7.11 Å². The molecule has 168 valence electrons. The summed E-state index contributed by atoms with van der Waals surface area (Å²) in [5.41, 5.74) is 2.12. The van der Waals surface area contributed by atoms with E-state index >= 15 is 0 Å². The molecule has 0 bridgehead atoms. The van der Waals surface area contributed by atoms with E-state index in [4.69, 9.17) is 21.1 Å². The van der Waals surface area contributed by atoms with Crippen molar-refractivity contribution in [1.82, 2.24) is 5.32 Å². The first kappa shape index (κ1) is 23.8. The van der Waals surface area contributed by atoms with Crippen molar-refractivity contribution < 1.29 is 18.7 Å². The van der Waals surface area contributed by atoms with Crippen molar-refractivity contribution in [2.24, 2.45) is 0 Å². The minimum absolute atomic E-state index is 0.0733. The van der Waals surface area contributed by atoms with E-state index in [0.29, 0.717) is 17.1 Å². The fourth-order valence-electron chi connectivity index (χ4n) is 3.11. The summed E-state index contributed by atoms with van der Waals surface area (Å²) in [4.78, 5) is 12.6. The summed E-state index contributed by atoms with van der Waals surface area (Å²) in [6, 6.07) is 20.2. The third kappa shape index (κ3) is 6.34. The van der Waals surface area contributed by atoms with Gasteiger partial charge in [0.05, 0.1) is 18.2 Å². The Balaban J connectivity index is 1.78. The van der Waals surface area contributed by atoms with Gasteiger partial charge in [0.25, 0.3) is 5.91 Å². The van der Waals surface area contributed by atoms with Crippen LogP contribution in [-0.2, 0) is 11.4 Å². The number of carbonyl (C=O) groups excluding carboxylic acids is 1. The molecule has 0 aliphatic rings. The van der Waals surface area contributed by atoms with Crippen molar-refractivity contribution >= 4 is 23.6 Å². The second kappa shape index (κ2) is 11.2. The topological polar surface area (TPSA) is 71.3 Å². The zero-order valence-electron chi connectivity index (χ0n) is 18.1. The lowest BCUT2D eigenvalue weighted by Gasteiger charge is -2.15. The highest BCUT2D eigenvalue weighted by molar-refractivity contribution is 6.32. The van der Waals surface area contributed by atoms with Gasteiger partial charge in [-0.3, -0.25) is 4.79 Å². The van der Waals surface area contributed by atoms with Gasteiger partial charge in [-0.15, -0.1) is 0 Å². The first-order valence-electron chi connectivity index (χ1n) is 10.1. The minimum atomic E-state index is -0.499. The maximum Gasteiger partial charge on any atom is 0.262 e. The average molecular weight is 465 g/mol. The third-order valence-electron chi connectivity index (χ3n) is 4.87. The number of nitriles is 1. The van der Waals surface area contributed by atoms with Crippen LogP contribution in [0.1, 0.15) is 29.7 Å². The van der Waals surface area contributed by atoms with E-state index in [-0.39, 0.29) is 29.1 Å². The van der Waals surface area contributed by atoms with Gasteiger partial charge in [0.15, 0.2) is 11.5 Å². The maximum absolute atomic E-state index is 13.1. The van der Waals surface area contributed by atoms with E-state index in [2.05, 4.69) is 5.32 Å². The largest absolute Gasteiger partial charge is 0.493 e. The van der Waals surface area contributed by atoms with E-state index in [1.165, 1.54) is 25.3 Å². The second-order valence-electron chi connectivity index (χ2n) is 7.22. The Morgan fingerprint density at radius 2 is 1.88 bits per heavy atom. The van der Waals surface area contributed by atoms with E-state index in [9.17, 15) is 14.4 Å². The molecule has 1 amide bonds. The van der Waals surface area contributed by atoms with Gasteiger partial charge >= 0.3 is 0 Å². The van der Waals surface area contributed by atoms with Crippen molar-refractivity contribution in [1.29, 1.82) is 5.26 Å². The molecule has 0 aromatic heterocycles. The minimum Gasteiger partial charge on any atom is -0.493 e. The van der Waals surface area contributed by atoms with Crippen LogP contribution in [0.25, 0.3) is 6.08 Å². The summed E-state index contributed by atoms with van der Waals surface area (Å²) in [7, 11) is 1.46. The second-order valence-corrected chi connectivity index (χ2v) is 7.63. The van der Waals surface area contributed by atoms with E-state index < -0.39 is 5.91 Å². The summed E-state index contributed by atoms with van der Waals surface area (Å²) in [6.07, 6.45) is 1.44. The molecule has 33 heavy (non-hydrogen) atoms. The van der Waals surface area contributed by atoms with Crippen LogP contribution in [-0.4, -0.2) is 13.0 Å². The average Bonchev–Trinajstić information content (AvgIpc) is 2.83. The normalized spacial score (nSPS) is 11.9. The fraction of sp³-hybridized carbons (Fsp3) is 0.154. The number of nitrogens with zero attached hydrogens (tertiary/aromatic N) is 1. The number of nitrogens with one attached hydrogen (secondary N) is 1. The van der Waals surface area contributed by atoms with Gasteiger partial charge in [-0.1, -0.05) is 54.1 Å². The first-order chi connectivity index (χ1) is 15.9. The molecule has 0 radical (unpaired) electrons. The van der Waals surface area contributed by atoms with Crippen LogP contribution in [0.5, 0.6) is 11.5 Å². The molecule has 0 spiro atoms. The van der Waals surface area contributed by atoms with E-state index in [1.807, 2.05) is 43.3 Å². The molecule has 0 heterocycles. The summed E-state index contributed by atoms with van der Waals surface area (Å²) < 4.78 is 24.3. The molecule has 0 saturated carbocycles. The zero-order chi connectivity index (χ0) is 23.8. The highest BCUT2D eigenvalue weighted by Gasteiger charge is 2.16. The van der Waals surface area contributed by atoms with Gasteiger partial charge in [0.1, 0.15) is 24.1 Å². The maximum atomic E-state index is 13.1. The Bertz CT molecular complexity index is 1190. The van der Waals surface area contributed by atoms with Crippen molar-refractivity contribution in [2.45, 2.75) is 19.6 Å². The van der Waals surface area contributed by atoms with Crippen molar-refractivity contribution in [3.8, 4) is 17.6 Å². The number of halogens is 2. The van der Waals surface area contributed by atoms with Gasteiger partial charge in [0, 0.05) is 0 Å². The Morgan fingerprint density at radius 1 is 1.18 bits per heavy atom. The molecule has 0 aliphatic carbocycles. The van der Waals surface area contributed by atoms with Crippen LogP contribution < -0.4 is 14.8 Å². The Labute approximate surface area is 197 Å². The molecule has 3 aromatic rings. The number of hydrogen-bond acceptors (Lipinski definition) is 4. The number of methoxy groups -OCH3 is 1. The molecule has 3 rings (SSSR count). The van der Waals surface area contributed by atoms with Crippen molar-refractivity contribution in [3.63, 3.8) is 0 Å². The number of hydrogen-bond donors (Lipinski definition) is 1. The van der Waals surface area contributed by atoms with Crippen molar-refractivity contribution in [3.05, 3.63) is 99.8 Å². The van der Waals surface area contributed by atoms with E-state index in [0.717, 1.165) is 11.1 Å². The quantitative estimate of drug-likeness (QED) is 0.335. The number of rotatable bonds is 8. The number of amides is 1. The Hall–Kier alpha value is -3.82. The highest BCUT2D eigenvalue weighted by Crippen LogP contribution is 2.37. The van der Waals surface area contributed by atoms with Gasteiger partial charge in [-0.25, -0.2) is 4.39 Å². The monoisotopic (exact) mass is 464 g/mol. The van der Waals surface area contributed by atoms with Crippen LogP contribution in [0.3, 0.4) is 0 Å². The van der Waals surface area contributed by atoms with Crippen LogP contribution in [0, 0.1) is 17.1 Å². The number of carbonyl (C=O) groups is 1. The smallest absolute Gasteiger partial charge is 0.262 e. The summed E-state index contributed by atoms with van der Waals surface area (Å²) in [5.74, 6) is -0.186. The Morgan fingerprint density at radius 3 is 2.52 bits per heavy atom. The molecule has 0 unspecified atom stereocenters. The highest BCUT2D eigenvalue weighted by atomic mass is 35.5. The molecular formula is C26H22ClFN2O3. The van der Waals surface area contributed by atoms with Crippen LogP contribution >= 0.6 is 11.6 Å². The molecule has 1 N–H and O–H groups in total. The van der Waals surface area contributed by atoms with Gasteiger partial charge in [-0.2, -0.15) is 5.26 Å². The standard InChI is InChI=1S/C26H22ClFN2O3/c1-17(20-6-4-3-5-7-20)30-26(31)21(15-29)12-19-13-23(27)25(24(14-19)32-2)33-16-18-8-10-22(28)11-9-18/h3-14,17H,16H2,1-2H3,(H,30,31)/b21-12-/t17-/m1/s1. The van der Waals surface area contributed by atoms with Crippen LogP contribution in [0.4, 0.5) is 4.39 Å². The van der Waals surface area contributed by atoms with E-state index in [1.54, 1.807) is 24.3 Å². The number of benzene rings is 3. The van der Waals surface area contributed by atoms with Gasteiger partial charge < -0.3 is 14.8 Å². The predicted molar refractivity (Wildman–Crippen MR) is 125 cm³/mol. The zero-order valence-corrected chi connectivity index (χ0v) is 18.9. The molecule has 3 aromatic carbocycles. The predicted octanol–water partition coefficient (Wildman–Crippen LogP) is 5.85. The number of ether oxygens (including phenoxy) is 2. The first-order valence-corrected chi connectivity index (χ1v) is 10.5. The SMILES string of the molecule is COc1cc(/C=C(/C#N)C(=O)N[C@H](C)c2ccccc2)cc(Cl)c1OCc1ccc(F)cc1. The van der Waals surface area contributed by atoms with Crippen LogP contribution in [0.15, 0.2) is 72.3 Å². The van der Waals surface area contributed by atoms with Gasteiger partial charge in [0.2, 0.25) is 0 Å². The lowest BCUT2D eigenvalue weighted by atomic mass is 10.1. The molecule has 0 saturated heterocycles. The third-order valence-corrected chi connectivity index (χ3v) is 5.15. The van der Waals surface area contributed by atoms with Gasteiger partial charge in [-0.05, 0) is 54.0 Å². The molecule has 5 nitrogen and oxygen atoms in total. The summed E-state index contributed by atoms with van der Waals surface area (Å²) in [6.45, 7) is 2.00. The molecule has 0 fully saturated rings.